The first-order valence-electron chi connectivity index (χ1n) is 7.91. The normalized spacial score (nSPS) is 10.9. The summed E-state index contributed by atoms with van der Waals surface area (Å²) in [5, 5.41) is 4.76. The first-order chi connectivity index (χ1) is 12.2. The highest BCUT2D eigenvalue weighted by molar-refractivity contribution is 7.15. The van der Waals surface area contributed by atoms with Crippen molar-refractivity contribution < 1.29 is 4.79 Å². The van der Waals surface area contributed by atoms with Gasteiger partial charge in [-0.2, -0.15) is 0 Å². The van der Waals surface area contributed by atoms with Gasteiger partial charge in [-0.1, -0.05) is 35.9 Å². The molecule has 0 radical (unpaired) electrons. The van der Waals surface area contributed by atoms with Crippen molar-refractivity contribution in [3.05, 3.63) is 77.2 Å². The van der Waals surface area contributed by atoms with Crippen LogP contribution in [0.15, 0.2) is 60.4 Å². The maximum atomic E-state index is 12.5. The molecule has 0 unspecified atom stereocenters. The van der Waals surface area contributed by atoms with E-state index in [0.29, 0.717) is 12.2 Å². The highest BCUT2D eigenvalue weighted by atomic mass is 32.1. The number of fused-ring (bicyclic) bond motifs is 1. The fraction of sp³-hybridized carbons (Fsp3) is 0.105. The average Bonchev–Trinajstić information content (AvgIpc) is 3.22. The Morgan fingerprint density at radius 1 is 1.24 bits per heavy atom. The lowest BCUT2D eigenvalue weighted by atomic mass is 10.1. The van der Waals surface area contributed by atoms with E-state index in [2.05, 4.69) is 34.3 Å². The number of aromatic nitrogens is 3. The summed E-state index contributed by atoms with van der Waals surface area (Å²) in [5.41, 5.74) is 4.68. The Hall–Kier alpha value is -2.99. The predicted octanol–water partition coefficient (Wildman–Crippen LogP) is 3.70. The number of pyridine rings is 1. The van der Waals surface area contributed by atoms with Crippen LogP contribution in [-0.4, -0.2) is 20.3 Å². The number of aryl methyl sites for hydroxylation is 1. The zero-order valence-electron chi connectivity index (χ0n) is 13.6. The van der Waals surface area contributed by atoms with Gasteiger partial charge in [0, 0.05) is 36.1 Å². The van der Waals surface area contributed by atoms with Gasteiger partial charge in [-0.25, -0.2) is 4.98 Å². The number of carbonyl (C=O) groups is 1. The Balaban J connectivity index is 1.57. The second-order valence-corrected chi connectivity index (χ2v) is 6.65. The van der Waals surface area contributed by atoms with Crippen LogP contribution in [0.2, 0.25) is 0 Å². The molecule has 5 nitrogen and oxygen atoms in total. The molecule has 3 aromatic heterocycles. The van der Waals surface area contributed by atoms with Gasteiger partial charge in [-0.3, -0.25) is 14.2 Å². The Morgan fingerprint density at radius 2 is 2.08 bits per heavy atom. The Morgan fingerprint density at radius 3 is 2.84 bits per heavy atom. The minimum absolute atomic E-state index is 0.122. The first kappa shape index (κ1) is 15.5. The molecule has 0 fully saturated rings. The van der Waals surface area contributed by atoms with Crippen LogP contribution >= 0.6 is 11.3 Å². The zero-order chi connectivity index (χ0) is 17.2. The molecule has 0 bridgehead atoms. The van der Waals surface area contributed by atoms with Crippen molar-refractivity contribution in [2.24, 2.45) is 0 Å². The third-order valence-corrected chi connectivity index (χ3v) is 4.80. The van der Waals surface area contributed by atoms with Crippen molar-refractivity contribution in [2.75, 3.05) is 0 Å². The van der Waals surface area contributed by atoms with Gasteiger partial charge in [0.05, 0.1) is 5.69 Å². The van der Waals surface area contributed by atoms with E-state index in [0.717, 1.165) is 21.8 Å². The average molecular weight is 348 g/mol. The topological polar surface area (TPSA) is 59.3 Å². The van der Waals surface area contributed by atoms with Crippen molar-refractivity contribution in [3.8, 4) is 11.3 Å². The third kappa shape index (κ3) is 3.16. The van der Waals surface area contributed by atoms with Crippen molar-refractivity contribution in [1.82, 2.24) is 19.7 Å². The molecule has 25 heavy (non-hydrogen) atoms. The molecule has 4 aromatic rings. The summed E-state index contributed by atoms with van der Waals surface area (Å²) >= 11 is 1.46. The van der Waals surface area contributed by atoms with Crippen LogP contribution in [0.1, 0.15) is 21.6 Å². The number of nitrogens with one attached hydrogen (secondary N) is 1. The molecule has 1 aromatic carbocycles. The van der Waals surface area contributed by atoms with Crippen LogP contribution in [0.25, 0.3) is 16.2 Å². The molecule has 0 aliphatic carbocycles. The molecule has 4 rings (SSSR count). The van der Waals surface area contributed by atoms with Crippen LogP contribution in [-0.2, 0) is 6.54 Å². The maximum Gasteiger partial charge on any atom is 0.269 e. The van der Waals surface area contributed by atoms with Gasteiger partial charge in [0.1, 0.15) is 5.69 Å². The van der Waals surface area contributed by atoms with E-state index in [-0.39, 0.29) is 5.91 Å². The number of benzene rings is 1. The van der Waals surface area contributed by atoms with Gasteiger partial charge < -0.3 is 5.32 Å². The number of carbonyl (C=O) groups excluding carboxylic acids is 1. The summed E-state index contributed by atoms with van der Waals surface area (Å²) in [6.07, 6.45) is 5.37. The van der Waals surface area contributed by atoms with Crippen LogP contribution in [0.4, 0.5) is 0 Å². The number of thiazole rings is 1. The largest absolute Gasteiger partial charge is 0.347 e. The third-order valence-electron chi connectivity index (χ3n) is 3.96. The van der Waals surface area contributed by atoms with Crippen LogP contribution in [0.3, 0.4) is 0 Å². The fourth-order valence-electron chi connectivity index (χ4n) is 2.59. The second-order valence-electron chi connectivity index (χ2n) is 5.81. The number of hydrogen-bond acceptors (Lipinski definition) is 4. The summed E-state index contributed by atoms with van der Waals surface area (Å²) in [6, 6.07) is 12.0. The van der Waals surface area contributed by atoms with Crippen molar-refractivity contribution >= 4 is 22.2 Å². The monoisotopic (exact) mass is 348 g/mol. The van der Waals surface area contributed by atoms with Crippen molar-refractivity contribution in [3.63, 3.8) is 0 Å². The molecular weight excluding hydrogens is 332 g/mol. The summed E-state index contributed by atoms with van der Waals surface area (Å²) < 4.78 is 1.85. The fourth-order valence-corrected chi connectivity index (χ4v) is 3.44. The van der Waals surface area contributed by atoms with E-state index in [1.54, 1.807) is 12.4 Å². The molecule has 0 aliphatic heterocycles. The SMILES string of the molecule is Cc1ccc(-c2cn3c(C(=O)NCc4cccnc4)csc3n2)cc1. The van der Waals surface area contributed by atoms with E-state index in [1.165, 1.54) is 16.9 Å². The zero-order valence-corrected chi connectivity index (χ0v) is 14.5. The van der Waals surface area contributed by atoms with Gasteiger partial charge in [0.25, 0.3) is 5.91 Å². The van der Waals surface area contributed by atoms with Crippen LogP contribution < -0.4 is 5.32 Å². The smallest absolute Gasteiger partial charge is 0.269 e. The molecule has 0 saturated heterocycles. The van der Waals surface area contributed by atoms with E-state index >= 15 is 0 Å². The minimum atomic E-state index is -0.122. The van der Waals surface area contributed by atoms with Gasteiger partial charge in [0.2, 0.25) is 0 Å². The molecule has 6 heteroatoms. The second kappa shape index (κ2) is 6.49. The summed E-state index contributed by atoms with van der Waals surface area (Å²) in [7, 11) is 0. The van der Waals surface area contributed by atoms with Crippen molar-refractivity contribution in [1.29, 1.82) is 0 Å². The molecular formula is C19H16N4OS. The lowest BCUT2D eigenvalue weighted by Crippen LogP contribution is -2.23. The van der Waals surface area contributed by atoms with E-state index in [9.17, 15) is 4.79 Å². The Labute approximate surface area is 149 Å². The van der Waals surface area contributed by atoms with Crippen LogP contribution in [0, 0.1) is 6.92 Å². The van der Waals surface area contributed by atoms with E-state index in [1.807, 2.05) is 40.2 Å². The molecule has 0 spiro atoms. The van der Waals surface area contributed by atoms with E-state index < -0.39 is 0 Å². The molecule has 0 aliphatic rings. The van der Waals surface area contributed by atoms with Gasteiger partial charge >= 0.3 is 0 Å². The lowest BCUT2D eigenvalue weighted by molar-refractivity contribution is 0.0945. The van der Waals surface area contributed by atoms with Crippen LogP contribution in [0.5, 0.6) is 0 Å². The summed E-state index contributed by atoms with van der Waals surface area (Å²) in [4.78, 5) is 22.0. The molecule has 0 saturated carbocycles. The van der Waals surface area contributed by atoms with Crippen molar-refractivity contribution in [2.45, 2.75) is 13.5 Å². The maximum absolute atomic E-state index is 12.5. The van der Waals surface area contributed by atoms with Gasteiger partial charge in [-0.05, 0) is 18.6 Å². The van der Waals surface area contributed by atoms with Gasteiger partial charge in [-0.15, -0.1) is 11.3 Å². The number of nitrogens with zero attached hydrogens (tertiary/aromatic N) is 3. The minimum Gasteiger partial charge on any atom is -0.347 e. The molecule has 124 valence electrons. The summed E-state index contributed by atoms with van der Waals surface area (Å²) in [6.45, 7) is 2.50. The number of hydrogen-bond donors (Lipinski definition) is 1. The first-order valence-corrected chi connectivity index (χ1v) is 8.79. The predicted molar refractivity (Wildman–Crippen MR) is 98.6 cm³/mol. The number of imidazole rings is 1. The number of amides is 1. The quantitative estimate of drug-likeness (QED) is 0.612. The van der Waals surface area contributed by atoms with Gasteiger partial charge in [0.15, 0.2) is 4.96 Å². The molecule has 1 N–H and O–H groups in total. The highest BCUT2D eigenvalue weighted by Crippen LogP contribution is 2.24. The number of rotatable bonds is 4. The lowest BCUT2D eigenvalue weighted by Gasteiger charge is -2.04. The molecule has 0 atom stereocenters. The Bertz CT molecular complexity index is 1020. The van der Waals surface area contributed by atoms with E-state index in [4.69, 9.17) is 0 Å². The standard InChI is InChI=1S/C19H16N4OS/c1-13-4-6-15(7-5-13)16-11-23-17(12-25-19(23)22-16)18(24)21-10-14-3-2-8-20-9-14/h2-9,11-12H,10H2,1H3,(H,21,24). The Kier molecular flexibility index (Phi) is 4.03. The molecule has 3 heterocycles. The summed E-state index contributed by atoms with van der Waals surface area (Å²) in [5.74, 6) is -0.122. The molecule has 1 amide bonds. The highest BCUT2D eigenvalue weighted by Gasteiger charge is 2.15.